The second-order valence-electron chi connectivity index (χ2n) is 9.55. The Kier molecular flexibility index (Phi) is 6.47. The fraction of sp³-hybridized carbons (Fsp3) is 0.300. The van der Waals surface area contributed by atoms with Gasteiger partial charge in [-0.05, 0) is 60.7 Å². The molecule has 0 saturated carbocycles. The first-order valence-electron chi connectivity index (χ1n) is 13.1. The molecule has 1 atom stereocenters. The van der Waals surface area contributed by atoms with Gasteiger partial charge >= 0.3 is 0 Å². The molecule has 4 aromatic rings. The van der Waals surface area contributed by atoms with Gasteiger partial charge in [0.2, 0.25) is 11.1 Å². The van der Waals surface area contributed by atoms with Crippen molar-refractivity contribution in [2.45, 2.75) is 50.1 Å². The smallest absolute Gasteiger partial charge is 0.227 e. The molecule has 0 bridgehead atoms. The van der Waals surface area contributed by atoms with Crippen molar-refractivity contribution in [2.75, 3.05) is 23.3 Å². The molecule has 2 aliphatic rings. The van der Waals surface area contributed by atoms with Crippen molar-refractivity contribution in [3.8, 4) is 0 Å². The lowest BCUT2D eigenvalue weighted by Gasteiger charge is -2.32. The molecule has 6 rings (SSSR count). The summed E-state index contributed by atoms with van der Waals surface area (Å²) in [6, 6.07) is 23.2. The molecule has 0 fully saturated rings. The van der Waals surface area contributed by atoms with Crippen LogP contribution in [0.5, 0.6) is 0 Å². The van der Waals surface area contributed by atoms with Gasteiger partial charge in [0.15, 0.2) is 5.78 Å². The topological polar surface area (TPSA) is 63.1 Å². The van der Waals surface area contributed by atoms with Crippen molar-refractivity contribution in [2.24, 2.45) is 0 Å². The molecular formula is C30H31N5OS. The quantitative estimate of drug-likeness (QED) is 0.284. The molecule has 0 spiro atoms. The first-order chi connectivity index (χ1) is 18.2. The third kappa shape index (κ3) is 4.42. The molecule has 0 amide bonds. The van der Waals surface area contributed by atoms with Crippen LogP contribution in [0.4, 0.5) is 11.6 Å². The summed E-state index contributed by atoms with van der Waals surface area (Å²) in [5, 5.41) is 11.6. The summed E-state index contributed by atoms with van der Waals surface area (Å²) in [7, 11) is 0. The number of hydrogen-bond acceptors (Lipinski definition) is 6. The van der Waals surface area contributed by atoms with E-state index >= 15 is 0 Å². The summed E-state index contributed by atoms with van der Waals surface area (Å²) in [5.74, 6) is 1.70. The molecule has 1 aliphatic heterocycles. The Morgan fingerprint density at radius 3 is 2.59 bits per heavy atom. The van der Waals surface area contributed by atoms with Gasteiger partial charge in [0.1, 0.15) is 6.04 Å². The molecule has 3 aromatic carbocycles. The maximum Gasteiger partial charge on any atom is 0.227 e. The number of anilines is 2. The maximum absolute atomic E-state index is 13.2. The van der Waals surface area contributed by atoms with Crippen molar-refractivity contribution >= 4 is 40.0 Å². The van der Waals surface area contributed by atoms with Crippen LogP contribution in [-0.2, 0) is 10.5 Å². The Morgan fingerprint density at radius 1 is 1.00 bits per heavy atom. The highest BCUT2D eigenvalue weighted by Crippen LogP contribution is 2.41. The van der Waals surface area contributed by atoms with Crippen molar-refractivity contribution < 1.29 is 4.79 Å². The summed E-state index contributed by atoms with van der Waals surface area (Å²) in [6.07, 6.45) is 2.32. The molecule has 1 aromatic heterocycles. The number of Topliss-reactive ketones (excluding diaryl/α,β-unsaturated/α-hetero) is 1. The summed E-state index contributed by atoms with van der Waals surface area (Å²) in [5.41, 5.74) is 5.36. The van der Waals surface area contributed by atoms with E-state index in [1.54, 1.807) is 11.8 Å². The predicted molar refractivity (Wildman–Crippen MR) is 151 cm³/mol. The second-order valence-corrected chi connectivity index (χ2v) is 10.5. The third-order valence-electron chi connectivity index (χ3n) is 7.42. The van der Waals surface area contributed by atoms with E-state index < -0.39 is 0 Å². The minimum Gasteiger partial charge on any atom is -0.372 e. The number of fused-ring (bicyclic) bond motifs is 2. The largest absolute Gasteiger partial charge is 0.372 e. The summed E-state index contributed by atoms with van der Waals surface area (Å²) in [6.45, 7) is 6.26. The van der Waals surface area contributed by atoms with E-state index in [1.165, 1.54) is 22.0 Å². The molecule has 7 heteroatoms. The number of aromatic nitrogens is 3. The fourth-order valence-corrected chi connectivity index (χ4v) is 6.36. The minimum atomic E-state index is -0.260. The van der Waals surface area contributed by atoms with Gasteiger partial charge in [-0.15, -0.1) is 5.10 Å². The number of rotatable bonds is 7. The molecule has 0 radical (unpaired) electrons. The number of allylic oxidation sites excluding steroid dienone is 2. The summed E-state index contributed by atoms with van der Waals surface area (Å²) < 4.78 is 1.92. The average molecular weight is 510 g/mol. The van der Waals surface area contributed by atoms with Crippen LogP contribution in [0.2, 0.25) is 0 Å². The normalized spacial score (nSPS) is 16.9. The van der Waals surface area contributed by atoms with Gasteiger partial charge in [-0.1, -0.05) is 66.4 Å². The molecule has 188 valence electrons. The number of nitrogens with zero attached hydrogens (tertiary/aromatic N) is 4. The molecule has 0 saturated heterocycles. The lowest BCUT2D eigenvalue weighted by atomic mass is 9.85. The van der Waals surface area contributed by atoms with Crippen LogP contribution in [0.1, 0.15) is 50.3 Å². The van der Waals surface area contributed by atoms with Gasteiger partial charge in [0.05, 0.1) is 0 Å². The number of carbonyl (C=O) groups is 1. The van der Waals surface area contributed by atoms with Crippen LogP contribution < -0.4 is 10.2 Å². The van der Waals surface area contributed by atoms with Crippen molar-refractivity contribution in [3.05, 3.63) is 89.1 Å². The van der Waals surface area contributed by atoms with E-state index in [9.17, 15) is 4.79 Å². The number of thioether (sulfide) groups is 1. The van der Waals surface area contributed by atoms with Crippen LogP contribution in [-0.4, -0.2) is 33.6 Å². The third-order valence-corrected chi connectivity index (χ3v) is 8.31. The van der Waals surface area contributed by atoms with Crippen LogP contribution in [0.15, 0.2) is 83.2 Å². The monoisotopic (exact) mass is 509 g/mol. The van der Waals surface area contributed by atoms with Crippen LogP contribution >= 0.6 is 11.8 Å². The van der Waals surface area contributed by atoms with Crippen LogP contribution in [0.25, 0.3) is 10.8 Å². The van der Waals surface area contributed by atoms with E-state index in [4.69, 9.17) is 10.1 Å². The SMILES string of the molecule is CCN(CC)c1ccc(C2C3=C(CCCC3=O)Nc3nc(SCc4cccc5ccccc45)nn32)cc1. The highest BCUT2D eigenvalue weighted by atomic mass is 32.2. The maximum atomic E-state index is 13.2. The van der Waals surface area contributed by atoms with Crippen LogP contribution in [0.3, 0.4) is 0 Å². The van der Waals surface area contributed by atoms with Gasteiger partial charge in [0.25, 0.3) is 0 Å². The molecule has 1 aliphatic carbocycles. The number of ketones is 1. The Labute approximate surface area is 221 Å². The Bertz CT molecular complexity index is 1480. The molecule has 1 unspecified atom stereocenters. The standard InChI is InChI=1S/C30H31N5OS/c1-3-34(4-2)23-17-15-21(16-18-23)28-27-25(13-8-14-26(27)36)31-29-32-30(33-35(28)29)37-19-22-11-7-10-20-9-5-6-12-24(20)22/h5-7,9-12,15-18,28H,3-4,8,13-14,19H2,1-2H3,(H,31,32,33). The van der Waals surface area contributed by atoms with Gasteiger partial charge in [0, 0.05) is 42.2 Å². The van der Waals surface area contributed by atoms with Gasteiger partial charge in [-0.2, -0.15) is 4.98 Å². The molecule has 1 N–H and O–H groups in total. The van der Waals surface area contributed by atoms with E-state index in [0.717, 1.165) is 48.5 Å². The number of carbonyl (C=O) groups excluding carboxylic acids is 1. The minimum absolute atomic E-state index is 0.206. The first kappa shape index (κ1) is 23.8. The summed E-state index contributed by atoms with van der Waals surface area (Å²) in [4.78, 5) is 20.3. The lowest BCUT2D eigenvalue weighted by molar-refractivity contribution is -0.116. The van der Waals surface area contributed by atoms with Gasteiger partial charge in [-0.3, -0.25) is 4.79 Å². The van der Waals surface area contributed by atoms with E-state index in [1.807, 2.05) is 4.68 Å². The number of benzene rings is 3. The van der Waals surface area contributed by atoms with Gasteiger partial charge < -0.3 is 10.2 Å². The first-order valence-corrected chi connectivity index (χ1v) is 14.1. The zero-order valence-electron chi connectivity index (χ0n) is 21.3. The molecular weight excluding hydrogens is 478 g/mol. The van der Waals surface area contributed by atoms with Crippen molar-refractivity contribution in [1.29, 1.82) is 0 Å². The lowest BCUT2D eigenvalue weighted by Crippen LogP contribution is -2.31. The predicted octanol–water partition coefficient (Wildman–Crippen LogP) is 6.59. The van der Waals surface area contributed by atoms with Crippen molar-refractivity contribution in [3.63, 3.8) is 0 Å². The highest BCUT2D eigenvalue weighted by Gasteiger charge is 2.36. The Balaban J connectivity index is 1.34. The Hall–Kier alpha value is -3.58. The highest BCUT2D eigenvalue weighted by molar-refractivity contribution is 7.98. The summed E-state index contributed by atoms with van der Waals surface area (Å²) >= 11 is 1.63. The van der Waals surface area contributed by atoms with Crippen LogP contribution in [0, 0.1) is 0 Å². The van der Waals surface area contributed by atoms with E-state index in [-0.39, 0.29) is 11.8 Å². The number of nitrogens with one attached hydrogen (secondary N) is 1. The fourth-order valence-electron chi connectivity index (χ4n) is 5.52. The second kappa shape index (κ2) is 10.1. The molecule has 2 heterocycles. The number of hydrogen-bond donors (Lipinski definition) is 1. The van der Waals surface area contributed by atoms with E-state index in [0.29, 0.717) is 17.5 Å². The van der Waals surface area contributed by atoms with Gasteiger partial charge in [-0.25, -0.2) is 4.68 Å². The van der Waals surface area contributed by atoms with Crippen molar-refractivity contribution in [1.82, 2.24) is 14.8 Å². The molecule has 6 nitrogen and oxygen atoms in total. The average Bonchev–Trinajstić information content (AvgIpc) is 3.34. The zero-order valence-corrected chi connectivity index (χ0v) is 22.1. The van der Waals surface area contributed by atoms with E-state index in [2.05, 4.69) is 90.8 Å². The molecule has 37 heavy (non-hydrogen) atoms. The zero-order chi connectivity index (χ0) is 25.4. The Morgan fingerprint density at radius 2 is 1.78 bits per heavy atom.